The number of fused-ring (bicyclic) bond motifs is 5. The molecule has 1 aliphatic heterocycles. The van der Waals surface area contributed by atoms with Crippen LogP contribution in [0.2, 0.25) is 0 Å². The number of aromatic carboxylic acids is 1. The van der Waals surface area contributed by atoms with Gasteiger partial charge >= 0.3 is 5.97 Å². The third-order valence-electron chi connectivity index (χ3n) is 6.39. The first-order valence-electron chi connectivity index (χ1n) is 10.6. The maximum absolute atomic E-state index is 12.5. The zero-order chi connectivity index (χ0) is 21.0. The number of hydrogen-bond donors (Lipinski definition) is 1. The summed E-state index contributed by atoms with van der Waals surface area (Å²) in [4.78, 5) is 24.1. The fourth-order valence-electron chi connectivity index (χ4n) is 4.54. The molecular weight excluding hydrogens is 382 g/mol. The van der Waals surface area contributed by atoms with Gasteiger partial charge in [-0.3, -0.25) is 4.79 Å². The Bertz CT molecular complexity index is 1200. The highest BCUT2D eigenvalue weighted by Gasteiger charge is 2.31. The Hall–Kier alpha value is -3.02. The minimum absolute atomic E-state index is 0.0508. The lowest BCUT2D eigenvalue weighted by Gasteiger charge is -2.33. The molecule has 1 aromatic carbocycles. The number of furan rings is 1. The van der Waals surface area contributed by atoms with Gasteiger partial charge in [-0.05, 0) is 42.4 Å². The van der Waals surface area contributed by atoms with Crippen LogP contribution in [-0.2, 0) is 6.42 Å². The van der Waals surface area contributed by atoms with Crippen LogP contribution < -0.4 is 10.2 Å². The van der Waals surface area contributed by atoms with Gasteiger partial charge in [0.25, 0.3) is 0 Å². The first kappa shape index (κ1) is 19.0. The maximum Gasteiger partial charge on any atom is 0.341 e. The van der Waals surface area contributed by atoms with E-state index in [0.717, 1.165) is 46.7 Å². The van der Waals surface area contributed by atoms with Crippen molar-refractivity contribution in [2.45, 2.75) is 45.6 Å². The quantitative estimate of drug-likeness (QED) is 0.629. The van der Waals surface area contributed by atoms with Crippen molar-refractivity contribution in [3.8, 4) is 17.0 Å². The van der Waals surface area contributed by atoms with Gasteiger partial charge in [-0.2, -0.15) is 0 Å². The third-order valence-corrected chi connectivity index (χ3v) is 6.39. The molecule has 0 spiro atoms. The van der Waals surface area contributed by atoms with Crippen molar-refractivity contribution in [3.05, 3.63) is 52.0 Å². The number of nitrogens with zero attached hydrogens (tertiary/aromatic N) is 1. The molecule has 2 aliphatic rings. The minimum Gasteiger partial charge on any atom is -0.490 e. The zero-order valence-electron chi connectivity index (χ0n) is 17.2. The summed E-state index contributed by atoms with van der Waals surface area (Å²) in [7, 11) is 0. The second-order valence-corrected chi connectivity index (χ2v) is 8.82. The van der Waals surface area contributed by atoms with Gasteiger partial charge in [0.1, 0.15) is 5.56 Å². The number of pyridine rings is 1. The summed E-state index contributed by atoms with van der Waals surface area (Å²) >= 11 is 0. The van der Waals surface area contributed by atoms with E-state index in [4.69, 9.17) is 9.15 Å². The van der Waals surface area contributed by atoms with E-state index in [-0.39, 0.29) is 17.5 Å². The molecule has 1 fully saturated rings. The van der Waals surface area contributed by atoms with Crippen molar-refractivity contribution in [3.63, 3.8) is 0 Å². The molecule has 1 saturated carbocycles. The number of rotatable bonds is 6. The van der Waals surface area contributed by atoms with Gasteiger partial charge in [-0.15, -0.1) is 0 Å². The van der Waals surface area contributed by atoms with Crippen molar-refractivity contribution < 1.29 is 19.1 Å². The molecule has 2 aromatic heterocycles. The van der Waals surface area contributed by atoms with Crippen LogP contribution in [0.1, 0.15) is 55.1 Å². The molecule has 156 valence electrons. The smallest absolute Gasteiger partial charge is 0.341 e. The molecule has 5 rings (SSSR count). The first-order chi connectivity index (χ1) is 14.4. The Morgan fingerprint density at radius 3 is 2.83 bits per heavy atom. The Kier molecular flexibility index (Phi) is 4.45. The Morgan fingerprint density at radius 1 is 1.33 bits per heavy atom. The molecule has 1 aliphatic carbocycles. The average molecular weight is 407 g/mol. The van der Waals surface area contributed by atoms with Gasteiger partial charge in [0.15, 0.2) is 16.8 Å². The maximum atomic E-state index is 12.5. The largest absolute Gasteiger partial charge is 0.490 e. The molecule has 1 atom stereocenters. The molecule has 1 N–H and O–H groups in total. The molecule has 30 heavy (non-hydrogen) atoms. The standard InChI is InChI=1S/C24H25NO5/c1-13(2)18-9-15-10-21(29-7-5-14-3-4-14)23-16(6-8-30-23)22(15)19-11-20(26)17(24(27)28)12-25(18)19/h6,8,10-14,18H,3-5,7,9H2,1-2H3,(H,27,28). The van der Waals surface area contributed by atoms with Crippen molar-refractivity contribution in [2.24, 2.45) is 11.8 Å². The summed E-state index contributed by atoms with van der Waals surface area (Å²) < 4.78 is 13.8. The molecule has 3 aromatic rings. The van der Waals surface area contributed by atoms with E-state index >= 15 is 0 Å². The zero-order valence-corrected chi connectivity index (χ0v) is 17.2. The van der Waals surface area contributed by atoms with Crippen molar-refractivity contribution in [1.29, 1.82) is 0 Å². The number of aromatic nitrogens is 1. The van der Waals surface area contributed by atoms with E-state index in [1.807, 2.05) is 16.7 Å². The molecule has 0 radical (unpaired) electrons. The highest BCUT2D eigenvalue weighted by molar-refractivity contribution is 5.99. The Balaban J connectivity index is 1.67. The average Bonchev–Trinajstić information content (AvgIpc) is 3.39. The number of carboxylic acids is 1. The van der Waals surface area contributed by atoms with Crippen LogP contribution >= 0.6 is 0 Å². The normalized spacial score (nSPS) is 17.8. The molecule has 0 bridgehead atoms. The molecule has 0 saturated heterocycles. The molecule has 0 amide bonds. The van der Waals surface area contributed by atoms with Crippen LogP contribution in [0.5, 0.6) is 5.75 Å². The van der Waals surface area contributed by atoms with Gasteiger partial charge in [-0.1, -0.05) is 26.7 Å². The predicted molar refractivity (Wildman–Crippen MR) is 113 cm³/mol. The van der Waals surface area contributed by atoms with Crippen LogP contribution in [0, 0.1) is 11.8 Å². The van der Waals surface area contributed by atoms with Gasteiger partial charge in [0.2, 0.25) is 0 Å². The van der Waals surface area contributed by atoms with Crippen LogP contribution in [-0.4, -0.2) is 22.2 Å². The number of hydrogen-bond acceptors (Lipinski definition) is 4. The van der Waals surface area contributed by atoms with Crippen molar-refractivity contribution >= 4 is 16.9 Å². The molecule has 6 heteroatoms. The topological polar surface area (TPSA) is 81.7 Å². The van der Waals surface area contributed by atoms with E-state index in [9.17, 15) is 14.7 Å². The van der Waals surface area contributed by atoms with Gasteiger partial charge in [0.05, 0.1) is 18.6 Å². The highest BCUT2D eigenvalue weighted by atomic mass is 16.5. The lowest BCUT2D eigenvalue weighted by atomic mass is 9.85. The second-order valence-electron chi connectivity index (χ2n) is 8.82. The molecular formula is C24H25NO5. The summed E-state index contributed by atoms with van der Waals surface area (Å²) in [5, 5.41) is 10.3. The Morgan fingerprint density at radius 2 is 2.13 bits per heavy atom. The number of benzene rings is 1. The van der Waals surface area contributed by atoms with Crippen LogP contribution in [0.4, 0.5) is 0 Å². The summed E-state index contributed by atoms with van der Waals surface area (Å²) in [6, 6.07) is 5.45. The van der Waals surface area contributed by atoms with Gasteiger partial charge in [-0.25, -0.2) is 4.79 Å². The SMILES string of the molecule is CC(C)C1Cc2cc(OCCC3CC3)c3occc3c2-c2cc(=O)c(C(=O)O)cn21. The van der Waals surface area contributed by atoms with Gasteiger partial charge in [0, 0.05) is 29.3 Å². The minimum atomic E-state index is -1.20. The van der Waals surface area contributed by atoms with Crippen LogP contribution in [0.3, 0.4) is 0 Å². The first-order valence-corrected chi connectivity index (χ1v) is 10.6. The fourth-order valence-corrected chi connectivity index (χ4v) is 4.54. The monoisotopic (exact) mass is 407 g/mol. The van der Waals surface area contributed by atoms with E-state index in [1.54, 1.807) is 6.26 Å². The van der Waals surface area contributed by atoms with Crippen molar-refractivity contribution in [1.82, 2.24) is 4.57 Å². The molecule has 6 nitrogen and oxygen atoms in total. The lowest BCUT2D eigenvalue weighted by molar-refractivity contribution is 0.0694. The molecule has 3 heterocycles. The predicted octanol–water partition coefficient (Wildman–Crippen LogP) is 4.89. The fraction of sp³-hybridized carbons (Fsp3) is 0.417. The summed E-state index contributed by atoms with van der Waals surface area (Å²) in [5.74, 6) is 0.605. The van der Waals surface area contributed by atoms with E-state index in [0.29, 0.717) is 12.2 Å². The van der Waals surface area contributed by atoms with E-state index < -0.39 is 11.4 Å². The van der Waals surface area contributed by atoms with Crippen molar-refractivity contribution in [2.75, 3.05) is 6.61 Å². The number of carbonyl (C=O) groups is 1. The Labute approximate surface area is 174 Å². The summed E-state index contributed by atoms with van der Waals surface area (Å²) in [6.45, 7) is 4.90. The van der Waals surface area contributed by atoms with Crippen LogP contribution in [0.25, 0.3) is 22.2 Å². The van der Waals surface area contributed by atoms with E-state index in [1.165, 1.54) is 25.1 Å². The highest BCUT2D eigenvalue weighted by Crippen LogP contribution is 2.45. The third kappa shape index (κ3) is 3.11. The van der Waals surface area contributed by atoms with E-state index in [2.05, 4.69) is 13.8 Å². The number of ether oxygens (including phenoxy) is 1. The summed E-state index contributed by atoms with van der Waals surface area (Å²) in [6.07, 6.45) is 7.53. The summed E-state index contributed by atoms with van der Waals surface area (Å²) in [5.41, 5.74) is 2.77. The van der Waals surface area contributed by atoms with Gasteiger partial charge < -0.3 is 18.8 Å². The number of carboxylic acid groups (broad SMARTS) is 1. The second kappa shape index (κ2) is 7.04. The molecule has 1 unspecified atom stereocenters. The van der Waals surface area contributed by atoms with Crippen LogP contribution in [0.15, 0.2) is 39.9 Å². The lowest BCUT2D eigenvalue weighted by Crippen LogP contribution is -2.28.